The van der Waals surface area contributed by atoms with Gasteiger partial charge in [0.2, 0.25) is 11.5 Å². The number of hydrogen-bond donors (Lipinski definition) is 3. The molecule has 2 aromatic heterocycles. The summed E-state index contributed by atoms with van der Waals surface area (Å²) < 4.78 is 50.2. The Hall–Kier alpha value is -5.38. The van der Waals surface area contributed by atoms with Gasteiger partial charge in [-0.2, -0.15) is 10.4 Å². The first-order chi connectivity index (χ1) is 26.5. The summed E-state index contributed by atoms with van der Waals surface area (Å²) in [7, 11) is 0. The van der Waals surface area contributed by atoms with Crippen molar-refractivity contribution < 1.29 is 52.0 Å². The van der Waals surface area contributed by atoms with E-state index in [0.717, 1.165) is 0 Å². The third-order valence-corrected chi connectivity index (χ3v) is 8.82. The number of amides is 3. The lowest BCUT2D eigenvalue weighted by Crippen LogP contribution is -2.48. The molecule has 3 N–H and O–H groups in total. The van der Waals surface area contributed by atoms with Crippen LogP contribution in [0.2, 0.25) is 0 Å². The topological polar surface area (TPSA) is 214 Å². The quantitative estimate of drug-likeness (QED) is 0.178. The number of anilines is 1. The van der Waals surface area contributed by atoms with Gasteiger partial charge in [-0.05, 0) is 91.1 Å². The van der Waals surface area contributed by atoms with Gasteiger partial charge in [-0.3, -0.25) is 4.79 Å². The summed E-state index contributed by atoms with van der Waals surface area (Å²) in [4.78, 5) is 56.7. The number of nitrogens with zero attached hydrogens (tertiary/aromatic N) is 4. The number of carbonyl (C=O) groups is 4. The zero-order valence-electron chi connectivity index (χ0n) is 33.7. The standard InChI is InChI=1S/C39H50FN7O10/c1-21(2)28(45-35(51)57-37(6,7)8)33(49)52-18-26-29-30(55-38(9,10)54-29)39(19-41,53-26)27-16-15-25-31(42-20-43-47(25)27)46-32(48)24(44-34(50)56-36(3,4)5)17-22-11-13-23(40)14-12-22/h11-16,20-21,24,26,28-30H,17-18H2,1-10H3,(H,44,50)(H,45,51)(H,42,43,46,48)/t24-,26+,28-,29+,30+,39-/m0/s1. The summed E-state index contributed by atoms with van der Waals surface area (Å²) in [6, 6.07) is 8.64. The molecule has 17 nitrogen and oxygen atoms in total. The van der Waals surface area contributed by atoms with E-state index in [1.807, 2.05) is 0 Å². The van der Waals surface area contributed by atoms with Crippen LogP contribution in [0.3, 0.4) is 0 Å². The molecule has 2 aliphatic heterocycles. The minimum Gasteiger partial charge on any atom is -0.461 e. The predicted octanol–water partition coefficient (Wildman–Crippen LogP) is 4.67. The number of nitriles is 1. The number of nitrogens with one attached hydrogen (secondary N) is 3. The fourth-order valence-corrected chi connectivity index (χ4v) is 6.45. The molecule has 2 fully saturated rings. The second-order valence-corrected chi connectivity index (χ2v) is 16.7. The average molecular weight is 796 g/mol. The van der Waals surface area contributed by atoms with Gasteiger partial charge in [0.05, 0.1) is 5.69 Å². The molecule has 57 heavy (non-hydrogen) atoms. The van der Waals surface area contributed by atoms with E-state index in [9.17, 15) is 28.8 Å². The van der Waals surface area contributed by atoms with Crippen molar-refractivity contribution >= 4 is 35.4 Å². The molecule has 3 amide bonds. The zero-order chi connectivity index (χ0) is 42.1. The van der Waals surface area contributed by atoms with E-state index in [4.69, 9.17) is 28.4 Å². The van der Waals surface area contributed by atoms with Crippen molar-refractivity contribution in [2.24, 2.45) is 5.92 Å². The molecule has 2 saturated heterocycles. The Bertz CT molecular complexity index is 2020. The second-order valence-electron chi connectivity index (χ2n) is 16.7. The summed E-state index contributed by atoms with van der Waals surface area (Å²) in [5.41, 5.74) is -2.48. The summed E-state index contributed by atoms with van der Waals surface area (Å²) in [5.74, 6) is -3.37. The summed E-state index contributed by atoms with van der Waals surface area (Å²) in [5, 5.41) is 23.1. The van der Waals surface area contributed by atoms with E-state index in [1.165, 1.54) is 35.1 Å². The largest absolute Gasteiger partial charge is 0.461 e. The number of alkyl carbamates (subject to hydrolysis) is 2. The van der Waals surface area contributed by atoms with Crippen LogP contribution in [0.15, 0.2) is 42.7 Å². The third-order valence-electron chi connectivity index (χ3n) is 8.82. The number of halogens is 1. The molecular weight excluding hydrogens is 745 g/mol. The van der Waals surface area contributed by atoms with Crippen LogP contribution in [0.5, 0.6) is 0 Å². The van der Waals surface area contributed by atoms with Crippen LogP contribution in [0.1, 0.15) is 80.5 Å². The van der Waals surface area contributed by atoms with Gasteiger partial charge in [0, 0.05) is 6.42 Å². The van der Waals surface area contributed by atoms with Crippen molar-refractivity contribution in [3.05, 3.63) is 59.8 Å². The molecule has 6 atom stereocenters. The Balaban J connectivity index is 1.40. The molecular formula is C39H50FN7O10. The van der Waals surface area contributed by atoms with Crippen molar-refractivity contribution in [1.29, 1.82) is 5.26 Å². The molecule has 2 aliphatic rings. The Labute approximate surface area is 329 Å². The molecule has 1 aromatic carbocycles. The third kappa shape index (κ3) is 10.1. The van der Waals surface area contributed by atoms with E-state index in [1.54, 1.807) is 81.4 Å². The van der Waals surface area contributed by atoms with Gasteiger partial charge >= 0.3 is 18.2 Å². The van der Waals surface area contributed by atoms with Gasteiger partial charge in [0.15, 0.2) is 11.6 Å². The van der Waals surface area contributed by atoms with Gasteiger partial charge in [0.1, 0.15) is 71.9 Å². The van der Waals surface area contributed by atoms with Gasteiger partial charge in [-0.25, -0.2) is 28.3 Å². The maximum atomic E-state index is 13.8. The number of fused-ring (bicyclic) bond motifs is 2. The second kappa shape index (κ2) is 16.2. The summed E-state index contributed by atoms with van der Waals surface area (Å²) in [6.07, 6.45) is -3.40. The average Bonchev–Trinajstić information content (AvgIpc) is 3.75. The normalized spacial score (nSPS) is 22.5. The molecule has 3 aromatic rings. The SMILES string of the molecule is CC(C)[C@H](NC(=O)OC(C)(C)C)C(=O)OC[C@H]1O[C@@](C#N)(c2ccc3c(NC(=O)[C@H](Cc4ccc(F)cc4)NC(=O)OC(C)(C)C)ncnn23)[C@@H]2OC(C)(C)O[C@@H]21. The number of aromatic nitrogens is 3. The van der Waals surface area contributed by atoms with E-state index in [0.29, 0.717) is 5.56 Å². The van der Waals surface area contributed by atoms with Crippen LogP contribution in [0.4, 0.5) is 19.8 Å². The predicted molar refractivity (Wildman–Crippen MR) is 200 cm³/mol. The smallest absolute Gasteiger partial charge is 0.408 e. The molecule has 4 heterocycles. The molecule has 308 valence electrons. The van der Waals surface area contributed by atoms with E-state index >= 15 is 0 Å². The summed E-state index contributed by atoms with van der Waals surface area (Å²) in [6.45, 7) is 16.6. The Morgan fingerprint density at radius 3 is 2.18 bits per heavy atom. The highest BCUT2D eigenvalue weighted by Gasteiger charge is 2.65. The van der Waals surface area contributed by atoms with Crippen molar-refractivity contribution in [3.8, 4) is 6.07 Å². The molecule has 0 radical (unpaired) electrons. The number of rotatable bonds is 11. The number of hydrogen-bond acceptors (Lipinski definition) is 13. The molecule has 0 bridgehead atoms. The molecule has 0 spiro atoms. The molecule has 5 rings (SSSR count). The molecule has 0 unspecified atom stereocenters. The van der Waals surface area contributed by atoms with Crippen LogP contribution < -0.4 is 16.0 Å². The Morgan fingerprint density at radius 2 is 1.58 bits per heavy atom. The highest BCUT2D eigenvalue weighted by molar-refractivity contribution is 5.98. The zero-order valence-corrected chi connectivity index (χ0v) is 33.7. The monoisotopic (exact) mass is 795 g/mol. The first kappa shape index (κ1) is 42.8. The fraction of sp³-hybridized carbons (Fsp3) is 0.564. The van der Waals surface area contributed by atoms with Crippen LogP contribution >= 0.6 is 0 Å². The lowest BCUT2D eigenvalue weighted by molar-refractivity contribution is -0.207. The van der Waals surface area contributed by atoms with Crippen LogP contribution in [0, 0.1) is 23.1 Å². The number of esters is 1. The molecule has 0 saturated carbocycles. The lowest BCUT2D eigenvalue weighted by Gasteiger charge is -2.29. The maximum absolute atomic E-state index is 13.8. The summed E-state index contributed by atoms with van der Waals surface area (Å²) >= 11 is 0. The van der Waals surface area contributed by atoms with Crippen LogP contribution in [0.25, 0.3) is 5.52 Å². The van der Waals surface area contributed by atoms with Crippen LogP contribution in [-0.2, 0) is 50.0 Å². The molecule has 0 aliphatic carbocycles. The maximum Gasteiger partial charge on any atom is 0.408 e. The highest BCUT2D eigenvalue weighted by Crippen LogP contribution is 2.49. The van der Waals surface area contributed by atoms with E-state index in [-0.39, 0.29) is 36.0 Å². The van der Waals surface area contributed by atoms with Crippen molar-refractivity contribution in [2.75, 3.05) is 11.9 Å². The van der Waals surface area contributed by atoms with Crippen molar-refractivity contribution in [1.82, 2.24) is 25.2 Å². The van der Waals surface area contributed by atoms with Gasteiger partial charge in [0.25, 0.3) is 0 Å². The Morgan fingerprint density at radius 1 is 0.947 bits per heavy atom. The fourth-order valence-electron chi connectivity index (χ4n) is 6.45. The number of carbonyl (C=O) groups excluding carboxylic acids is 4. The minimum absolute atomic E-state index is 0.0124. The first-order valence-electron chi connectivity index (χ1n) is 18.5. The number of ether oxygens (including phenoxy) is 6. The van der Waals surface area contributed by atoms with Gasteiger partial charge in [-0.15, -0.1) is 0 Å². The highest BCUT2D eigenvalue weighted by atomic mass is 19.1. The Kier molecular flexibility index (Phi) is 12.2. The van der Waals surface area contributed by atoms with Crippen molar-refractivity contribution in [3.63, 3.8) is 0 Å². The molecule has 18 heteroatoms. The first-order valence-corrected chi connectivity index (χ1v) is 18.5. The minimum atomic E-state index is -1.87. The van der Waals surface area contributed by atoms with Gasteiger partial charge in [-0.1, -0.05) is 26.0 Å². The van der Waals surface area contributed by atoms with E-state index in [2.05, 4.69) is 32.1 Å². The van der Waals surface area contributed by atoms with E-state index < -0.39 is 82.9 Å². The van der Waals surface area contributed by atoms with Crippen LogP contribution in [-0.4, -0.2) is 92.7 Å². The lowest BCUT2D eigenvalue weighted by atomic mass is 9.92. The van der Waals surface area contributed by atoms with Gasteiger partial charge < -0.3 is 44.4 Å². The van der Waals surface area contributed by atoms with Crippen molar-refractivity contribution in [2.45, 2.75) is 129 Å². The number of benzene rings is 1.